The Kier molecular flexibility index (Phi) is 5.54. The molecule has 1 nitrogen and oxygen atoms in total. The molecule has 0 saturated carbocycles. The van der Waals surface area contributed by atoms with E-state index in [4.69, 9.17) is 0 Å². The highest BCUT2D eigenvalue weighted by molar-refractivity contribution is 5.24. The Balaban J connectivity index is 2.59. The quantitative estimate of drug-likeness (QED) is 0.774. The Bertz CT molecular complexity index is 304. The minimum Gasteiger partial charge on any atom is -0.319 e. The summed E-state index contributed by atoms with van der Waals surface area (Å²) in [5.74, 6) is 1.45. The molecule has 1 unspecified atom stereocenters. The van der Waals surface area contributed by atoms with Crippen molar-refractivity contribution in [3.8, 4) is 0 Å². The Morgan fingerprint density at radius 3 is 2.25 bits per heavy atom. The molecule has 0 spiro atoms. The van der Waals surface area contributed by atoms with E-state index < -0.39 is 0 Å². The predicted molar refractivity (Wildman–Crippen MR) is 71.8 cm³/mol. The summed E-state index contributed by atoms with van der Waals surface area (Å²) in [4.78, 5) is 0. The van der Waals surface area contributed by atoms with Gasteiger partial charge in [0, 0.05) is 0 Å². The van der Waals surface area contributed by atoms with Gasteiger partial charge in [0.1, 0.15) is 0 Å². The Labute approximate surface area is 100 Å². The molecule has 1 rings (SSSR count). The average molecular weight is 219 g/mol. The molecule has 0 heterocycles. The zero-order valence-corrected chi connectivity index (χ0v) is 11.1. The predicted octanol–water partition coefficient (Wildman–Crippen LogP) is 3.28. The fraction of sp³-hybridized carbons (Fsp3) is 0.600. The Hall–Kier alpha value is -0.820. The summed E-state index contributed by atoms with van der Waals surface area (Å²) in [6.45, 7) is 7.94. The van der Waals surface area contributed by atoms with E-state index in [0.29, 0.717) is 5.92 Å². The van der Waals surface area contributed by atoms with Crippen LogP contribution >= 0.6 is 0 Å². The number of hydrogen-bond acceptors (Lipinski definition) is 1. The lowest BCUT2D eigenvalue weighted by atomic mass is 9.96. The molecule has 0 saturated heterocycles. The molecule has 1 atom stereocenters. The van der Waals surface area contributed by atoms with Gasteiger partial charge >= 0.3 is 0 Å². The van der Waals surface area contributed by atoms with Gasteiger partial charge in [-0.25, -0.2) is 0 Å². The molecule has 1 N–H and O–H groups in total. The topological polar surface area (TPSA) is 12.0 Å². The van der Waals surface area contributed by atoms with E-state index in [1.807, 2.05) is 7.05 Å². The van der Waals surface area contributed by atoms with E-state index in [9.17, 15) is 0 Å². The zero-order valence-electron chi connectivity index (χ0n) is 11.1. The van der Waals surface area contributed by atoms with Gasteiger partial charge in [0.15, 0.2) is 0 Å². The summed E-state index contributed by atoms with van der Waals surface area (Å²) in [7, 11) is 2.02. The Morgan fingerprint density at radius 2 is 1.69 bits per heavy atom. The van der Waals surface area contributed by atoms with Gasteiger partial charge in [-0.3, -0.25) is 0 Å². The first-order valence-corrected chi connectivity index (χ1v) is 6.34. The molecule has 0 aromatic heterocycles. The van der Waals surface area contributed by atoms with Gasteiger partial charge < -0.3 is 5.32 Å². The highest BCUT2D eigenvalue weighted by Gasteiger charge is 2.04. The van der Waals surface area contributed by atoms with Crippen molar-refractivity contribution in [1.29, 1.82) is 0 Å². The minimum absolute atomic E-state index is 0.708. The van der Waals surface area contributed by atoms with Crippen molar-refractivity contribution in [1.82, 2.24) is 5.32 Å². The number of rotatable bonds is 6. The van der Waals surface area contributed by atoms with Crippen molar-refractivity contribution in [3.63, 3.8) is 0 Å². The van der Waals surface area contributed by atoms with Crippen LogP contribution in [-0.4, -0.2) is 13.6 Å². The molecule has 1 aromatic carbocycles. The molecule has 0 fully saturated rings. The van der Waals surface area contributed by atoms with Crippen LogP contribution in [0.3, 0.4) is 0 Å². The van der Waals surface area contributed by atoms with Gasteiger partial charge in [-0.05, 0) is 49.4 Å². The first-order chi connectivity index (χ1) is 7.61. The number of hydrogen-bond donors (Lipinski definition) is 1. The molecule has 0 aliphatic rings. The lowest BCUT2D eigenvalue weighted by Gasteiger charge is -2.12. The molecule has 0 aliphatic heterocycles. The van der Waals surface area contributed by atoms with Crippen LogP contribution < -0.4 is 5.32 Å². The largest absolute Gasteiger partial charge is 0.319 e. The molecular formula is C15H25N. The van der Waals surface area contributed by atoms with Crippen molar-refractivity contribution in [3.05, 3.63) is 35.4 Å². The third-order valence-electron chi connectivity index (χ3n) is 2.77. The molecule has 0 amide bonds. The van der Waals surface area contributed by atoms with Crippen LogP contribution in [0.15, 0.2) is 24.3 Å². The van der Waals surface area contributed by atoms with Gasteiger partial charge in [-0.2, -0.15) is 0 Å². The third-order valence-corrected chi connectivity index (χ3v) is 2.77. The van der Waals surface area contributed by atoms with Crippen LogP contribution in [-0.2, 0) is 12.8 Å². The molecule has 0 radical (unpaired) electrons. The van der Waals surface area contributed by atoms with Gasteiger partial charge in [-0.1, -0.05) is 45.0 Å². The third kappa shape index (κ3) is 4.80. The summed E-state index contributed by atoms with van der Waals surface area (Å²) in [6, 6.07) is 9.05. The van der Waals surface area contributed by atoms with Gasteiger partial charge in [0.05, 0.1) is 0 Å². The second kappa shape index (κ2) is 6.70. The number of benzene rings is 1. The standard InChI is InChI=1S/C15H25N/c1-12(2)8-14-6-5-7-15(10-14)9-13(3)11-16-4/h5-7,10,12-13,16H,8-9,11H2,1-4H3. The molecule has 90 valence electrons. The lowest BCUT2D eigenvalue weighted by molar-refractivity contribution is 0.541. The monoisotopic (exact) mass is 219 g/mol. The maximum Gasteiger partial charge on any atom is -0.00230 e. The fourth-order valence-corrected chi connectivity index (χ4v) is 2.18. The summed E-state index contributed by atoms with van der Waals surface area (Å²) in [5, 5.41) is 3.23. The van der Waals surface area contributed by atoms with Crippen molar-refractivity contribution in [2.75, 3.05) is 13.6 Å². The zero-order chi connectivity index (χ0) is 12.0. The molecule has 1 aromatic rings. The van der Waals surface area contributed by atoms with E-state index in [1.165, 1.54) is 24.0 Å². The van der Waals surface area contributed by atoms with Crippen LogP contribution in [0, 0.1) is 11.8 Å². The lowest BCUT2D eigenvalue weighted by Crippen LogP contribution is -2.18. The smallest absolute Gasteiger partial charge is 0.00230 e. The molecular weight excluding hydrogens is 194 g/mol. The van der Waals surface area contributed by atoms with E-state index in [1.54, 1.807) is 0 Å². The van der Waals surface area contributed by atoms with Gasteiger partial charge in [-0.15, -0.1) is 0 Å². The van der Waals surface area contributed by atoms with E-state index in [0.717, 1.165) is 12.5 Å². The second-order valence-electron chi connectivity index (χ2n) is 5.28. The van der Waals surface area contributed by atoms with Gasteiger partial charge in [0.25, 0.3) is 0 Å². The van der Waals surface area contributed by atoms with Crippen LogP contribution in [0.2, 0.25) is 0 Å². The molecule has 1 heteroatoms. The van der Waals surface area contributed by atoms with Gasteiger partial charge in [0.2, 0.25) is 0 Å². The van der Waals surface area contributed by atoms with Crippen LogP contribution in [0.25, 0.3) is 0 Å². The minimum atomic E-state index is 0.708. The highest BCUT2D eigenvalue weighted by Crippen LogP contribution is 2.13. The molecule has 16 heavy (non-hydrogen) atoms. The van der Waals surface area contributed by atoms with E-state index in [-0.39, 0.29) is 0 Å². The molecule has 0 bridgehead atoms. The van der Waals surface area contributed by atoms with Crippen LogP contribution in [0.5, 0.6) is 0 Å². The molecule has 0 aliphatic carbocycles. The van der Waals surface area contributed by atoms with E-state index in [2.05, 4.69) is 50.4 Å². The summed E-state index contributed by atoms with van der Waals surface area (Å²) in [5.41, 5.74) is 2.95. The van der Waals surface area contributed by atoms with Crippen molar-refractivity contribution >= 4 is 0 Å². The van der Waals surface area contributed by atoms with E-state index >= 15 is 0 Å². The van der Waals surface area contributed by atoms with Crippen molar-refractivity contribution in [2.45, 2.75) is 33.6 Å². The second-order valence-corrected chi connectivity index (χ2v) is 5.28. The van der Waals surface area contributed by atoms with Crippen LogP contribution in [0.1, 0.15) is 31.9 Å². The summed E-state index contributed by atoms with van der Waals surface area (Å²) in [6.07, 6.45) is 2.36. The first kappa shape index (κ1) is 13.2. The van der Waals surface area contributed by atoms with Crippen molar-refractivity contribution < 1.29 is 0 Å². The normalized spacial score (nSPS) is 13.1. The summed E-state index contributed by atoms with van der Waals surface area (Å²) >= 11 is 0. The van der Waals surface area contributed by atoms with Crippen LogP contribution in [0.4, 0.5) is 0 Å². The maximum atomic E-state index is 3.23. The fourth-order valence-electron chi connectivity index (χ4n) is 2.18. The highest BCUT2D eigenvalue weighted by atomic mass is 14.8. The SMILES string of the molecule is CNCC(C)Cc1cccc(CC(C)C)c1. The Morgan fingerprint density at radius 1 is 1.06 bits per heavy atom. The summed E-state index contributed by atoms with van der Waals surface area (Å²) < 4.78 is 0. The maximum absolute atomic E-state index is 3.23. The first-order valence-electron chi connectivity index (χ1n) is 6.34. The number of nitrogens with one attached hydrogen (secondary N) is 1. The van der Waals surface area contributed by atoms with Crippen molar-refractivity contribution in [2.24, 2.45) is 11.8 Å². The average Bonchev–Trinajstić information content (AvgIpc) is 2.17.